The minimum Gasteiger partial charge on any atom is -0.344 e. The van der Waals surface area contributed by atoms with Gasteiger partial charge in [-0.1, -0.05) is 6.07 Å². The smallest absolute Gasteiger partial charge is 0.251 e. The van der Waals surface area contributed by atoms with E-state index in [1.54, 1.807) is 24.5 Å². The highest BCUT2D eigenvalue weighted by molar-refractivity contribution is 5.94. The molecule has 0 unspecified atom stereocenters. The molecule has 98 valence electrons. The van der Waals surface area contributed by atoms with E-state index in [2.05, 4.69) is 15.3 Å². The van der Waals surface area contributed by atoms with Crippen LogP contribution in [0.3, 0.4) is 0 Å². The lowest BCUT2D eigenvalue weighted by molar-refractivity contribution is 0.0939. The van der Waals surface area contributed by atoms with E-state index in [-0.39, 0.29) is 11.9 Å². The fourth-order valence-electron chi connectivity index (χ4n) is 1.72. The number of pyridine rings is 2. The Morgan fingerprint density at radius 2 is 2.16 bits per heavy atom. The Hall–Kier alpha value is -2.27. The summed E-state index contributed by atoms with van der Waals surface area (Å²) in [5, 5.41) is 2.89. The zero-order valence-corrected chi connectivity index (χ0v) is 10.7. The average Bonchev–Trinajstić information content (AvgIpc) is 2.48. The predicted molar refractivity (Wildman–Crippen MR) is 72.2 cm³/mol. The molecule has 19 heavy (non-hydrogen) atoms. The molecule has 0 spiro atoms. The fraction of sp³-hybridized carbons (Fsp3) is 0.214. The fourth-order valence-corrected chi connectivity index (χ4v) is 1.72. The zero-order chi connectivity index (χ0) is 13.7. The standard InChI is InChI=1S/C14H16N4O/c1-10(13-4-2-3-6-17-13)18-14(19)11-5-7-16-12(8-11)9-15/h2-8,10H,9,15H2,1H3,(H,18,19)/t10-/m0/s1. The second-order valence-corrected chi connectivity index (χ2v) is 4.19. The molecule has 0 aliphatic carbocycles. The third kappa shape index (κ3) is 3.35. The highest BCUT2D eigenvalue weighted by Gasteiger charge is 2.12. The first-order valence-electron chi connectivity index (χ1n) is 6.07. The van der Waals surface area contributed by atoms with Gasteiger partial charge in [0.15, 0.2) is 0 Å². The van der Waals surface area contributed by atoms with Crippen LogP contribution in [0.15, 0.2) is 42.7 Å². The highest BCUT2D eigenvalue weighted by atomic mass is 16.1. The summed E-state index contributed by atoms with van der Waals surface area (Å²) in [5.74, 6) is -0.157. The molecule has 0 aliphatic rings. The summed E-state index contributed by atoms with van der Waals surface area (Å²) in [6.45, 7) is 2.21. The molecule has 1 amide bonds. The summed E-state index contributed by atoms with van der Waals surface area (Å²) in [5.41, 5.74) is 7.58. The Labute approximate surface area is 111 Å². The van der Waals surface area contributed by atoms with Crippen LogP contribution in [-0.4, -0.2) is 15.9 Å². The molecule has 0 fully saturated rings. The van der Waals surface area contributed by atoms with Crippen molar-refractivity contribution in [1.29, 1.82) is 0 Å². The van der Waals surface area contributed by atoms with Crippen LogP contribution in [0.25, 0.3) is 0 Å². The van der Waals surface area contributed by atoms with Gasteiger partial charge in [0.2, 0.25) is 0 Å². The van der Waals surface area contributed by atoms with E-state index < -0.39 is 0 Å². The van der Waals surface area contributed by atoms with Crippen molar-refractivity contribution in [2.75, 3.05) is 0 Å². The van der Waals surface area contributed by atoms with Crippen LogP contribution >= 0.6 is 0 Å². The molecule has 0 bridgehead atoms. The van der Waals surface area contributed by atoms with Crippen molar-refractivity contribution in [3.8, 4) is 0 Å². The van der Waals surface area contributed by atoms with Crippen LogP contribution in [0.1, 0.15) is 34.7 Å². The Kier molecular flexibility index (Phi) is 4.20. The van der Waals surface area contributed by atoms with Crippen LogP contribution < -0.4 is 11.1 Å². The van der Waals surface area contributed by atoms with E-state index in [0.717, 1.165) is 5.69 Å². The minimum absolute atomic E-state index is 0.150. The summed E-state index contributed by atoms with van der Waals surface area (Å²) in [6.07, 6.45) is 3.29. The first-order chi connectivity index (χ1) is 9.20. The number of carbonyl (C=O) groups is 1. The Bertz CT molecular complexity index is 556. The van der Waals surface area contributed by atoms with Crippen LogP contribution in [0.5, 0.6) is 0 Å². The topological polar surface area (TPSA) is 80.9 Å². The molecule has 5 nitrogen and oxygen atoms in total. The number of rotatable bonds is 4. The zero-order valence-electron chi connectivity index (χ0n) is 10.7. The number of nitrogens with zero attached hydrogens (tertiary/aromatic N) is 2. The van der Waals surface area contributed by atoms with E-state index in [1.807, 2.05) is 25.1 Å². The normalized spacial score (nSPS) is 11.9. The lowest BCUT2D eigenvalue weighted by atomic mass is 10.1. The quantitative estimate of drug-likeness (QED) is 0.867. The van der Waals surface area contributed by atoms with Gasteiger partial charge in [-0.25, -0.2) is 0 Å². The second-order valence-electron chi connectivity index (χ2n) is 4.19. The molecule has 2 rings (SSSR count). The third-order valence-corrected chi connectivity index (χ3v) is 2.77. The number of carbonyl (C=O) groups excluding carboxylic acids is 1. The third-order valence-electron chi connectivity index (χ3n) is 2.77. The van der Waals surface area contributed by atoms with E-state index >= 15 is 0 Å². The predicted octanol–water partition coefficient (Wildman–Crippen LogP) is 1.43. The van der Waals surface area contributed by atoms with Gasteiger partial charge in [0.1, 0.15) is 0 Å². The van der Waals surface area contributed by atoms with Gasteiger partial charge in [-0.3, -0.25) is 14.8 Å². The summed E-state index contributed by atoms with van der Waals surface area (Å²) in [6, 6.07) is 8.82. The van der Waals surface area contributed by atoms with Crippen molar-refractivity contribution in [1.82, 2.24) is 15.3 Å². The maximum absolute atomic E-state index is 12.1. The number of hydrogen-bond acceptors (Lipinski definition) is 4. The number of aromatic nitrogens is 2. The second kappa shape index (κ2) is 6.06. The molecule has 2 aromatic heterocycles. The van der Waals surface area contributed by atoms with Gasteiger partial charge in [-0.05, 0) is 31.2 Å². The molecule has 2 heterocycles. The van der Waals surface area contributed by atoms with Gasteiger partial charge in [0.25, 0.3) is 5.91 Å². The largest absolute Gasteiger partial charge is 0.344 e. The lowest BCUT2D eigenvalue weighted by Crippen LogP contribution is -2.27. The van der Waals surface area contributed by atoms with Crippen molar-refractivity contribution in [2.45, 2.75) is 19.5 Å². The number of nitrogens with two attached hydrogens (primary N) is 1. The van der Waals surface area contributed by atoms with Crippen molar-refractivity contribution >= 4 is 5.91 Å². The molecule has 5 heteroatoms. The highest BCUT2D eigenvalue weighted by Crippen LogP contribution is 2.10. The van der Waals surface area contributed by atoms with Gasteiger partial charge in [-0.2, -0.15) is 0 Å². The first-order valence-corrected chi connectivity index (χ1v) is 6.07. The van der Waals surface area contributed by atoms with Crippen LogP contribution in [-0.2, 0) is 6.54 Å². The van der Waals surface area contributed by atoms with Gasteiger partial charge in [0, 0.05) is 24.5 Å². The van der Waals surface area contributed by atoms with E-state index in [4.69, 9.17) is 5.73 Å². The van der Waals surface area contributed by atoms with E-state index in [9.17, 15) is 4.79 Å². The van der Waals surface area contributed by atoms with E-state index in [1.165, 1.54) is 0 Å². The van der Waals surface area contributed by atoms with E-state index in [0.29, 0.717) is 17.8 Å². The monoisotopic (exact) mass is 256 g/mol. The summed E-state index contributed by atoms with van der Waals surface area (Å²) in [4.78, 5) is 20.4. The summed E-state index contributed by atoms with van der Waals surface area (Å²) >= 11 is 0. The molecule has 0 saturated heterocycles. The molecule has 2 aromatic rings. The summed E-state index contributed by atoms with van der Waals surface area (Å²) < 4.78 is 0. The van der Waals surface area contributed by atoms with Crippen molar-refractivity contribution in [2.24, 2.45) is 5.73 Å². The van der Waals surface area contributed by atoms with Gasteiger partial charge < -0.3 is 11.1 Å². The molecular weight excluding hydrogens is 240 g/mol. The Balaban J connectivity index is 2.08. The average molecular weight is 256 g/mol. The Morgan fingerprint density at radius 3 is 2.84 bits per heavy atom. The number of nitrogens with one attached hydrogen (secondary N) is 1. The van der Waals surface area contributed by atoms with Crippen molar-refractivity contribution < 1.29 is 4.79 Å². The van der Waals surface area contributed by atoms with Crippen LogP contribution in [0.4, 0.5) is 0 Å². The minimum atomic E-state index is -0.157. The van der Waals surface area contributed by atoms with Crippen LogP contribution in [0.2, 0.25) is 0 Å². The molecular formula is C14H16N4O. The molecule has 0 radical (unpaired) electrons. The van der Waals surface area contributed by atoms with Gasteiger partial charge in [-0.15, -0.1) is 0 Å². The van der Waals surface area contributed by atoms with Crippen molar-refractivity contribution in [3.63, 3.8) is 0 Å². The molecule has 1 atom stereocenters. The summed E-state index contributed by atoms with van der Waals surface area (Å²) in [7, 11) is 0. The number of amides is 1. The Morgan fingerprint density at radius 1 is 1.32 bits per heavy atom. The lowest BCUT2D eigenvalue weighted by Gasteiger charge is -2.13. The molecule has 0 aliphatic heterocycles. The molecule has 0 aromatic carbocycles. The maximum Gasteiger partial charge on any atom is 0.251 e. The van der Waals surface area contributed by atoms with Gasteiger partial charge >= 0.3 is 0 Å². The van der Waals surface area contributed by atoms with Crippen molar-refractivity contribution in [3.05, 3.63) is 59.7 Å². The van der Waals surface area contributed by atoms with Gasteiger partial charge in [0.05, 0.1) is 17.4 Å². The first kappa shape index (κ1) is 13.2. The maximum atomic E-state index is 12.1. The molecule has 0 saturated carbocycles. The number of hydrogen-bond donors (Lipinski definition) is 2. The SMILES string of the molecule is C[C@H](NC(=O)c1ccnc(CN)c1)c1ccccn1. The molecule has 3 N–H and O–H groups in total. The van der Waals surface area contributed by atoms with Crippen LogP contribution in [0, 0.1) is 0 Å².